The zero-order valence-electron chi connectivity index (χ0n) is 14.9. The second-order valence-electron chi connectivity index (χ2n) is 7.58. The van der Waals surface area contributed by atoms with Crippen molar-refractivity contribution in [2.45, 2.75) is 24.8 Å². The maximum absolute atomic E-state index is 11.8. The van der Waals surface area contributed by atoms with Gasteiger partial charge in [0.05, 0.1) is 11.2 Å². The first kappa shape index (κ1) is 16.9. The van der Waals surface area contributed by atoms with E-state index < -0.39 is 0 Å². The van der Waals surface area contributed by atoms with Gasteiger partial charge in [-0.15, -0.1) is 0 Å². The van der Waals surface area contributed by atoms with E-state index in [1.54, 1.807) is 14.1 Å². The fraction of sp³-hybridized carbons (Fsp3) is 0.526. The number of nitrogens with zero attached hydrogens (tertiary/aromatic N) is 2. The molecule has 1 fully saturated rings. The van der Waals surface area contributed by atoms with E-state index in [0.717, 1.165) is 24.0 Å². The van der Waals surface area contributed by atoms with E-state index >= 15 is 0 Å². The van der Waals surface area contributed by atoms with Crippen molar-refractivity contribution < 1.29 is 9.53 Å². The van der Waals surface area contributed by atoms with E-state index in [0.29, 0.717) is 24.5 Å². The fourth-order valence-electron chi connectivity index (χ4n) is 4.54. The Morgan fingerprint density at radius 2 is 2.24 bits per heavy atom. The second-order valence-corrected chi connectivity index (χ2v) is 8.37. The van der Waals surface area contributed by atoms with Gasteiger partial charge in [-0.2, -0.15) is 0 Å². The van der Waals surface area contributed by atoms with Crippen LogP contribution in [0.15, 0.2) is 22.8 Å². The molecule has 0 radical (unpaired) electrons. The van der Waals surface area contributed by atoms with Crippen molar-refractivity contribution >= 4 is 32.9 Å². The average Bonchev–Trinajstić information content (AvgIpc) is 2.90. The lowest BCUT2D eigenvalue weighted by Gasteiger charge is -2.45. The number of aromatic amines is 1. The number of carbonyl (C=O) groups is 1. The first-order chi connectivity index (χ1) is 12.0. The molecule has 4 rings (SSSR count). The minimum atomic E-state index is -0.257. The third kappa shape index (κ3) is 2.85. The zero-order chi connectivity index (χ0) is 17.7. The number of halogens is 1. The highest BCUT2D eigenvalue weighted by Gasteiger charge is 2.40. The number of nitrogens with one attached hydrogen (secondary N) is 1. The number of likely N-dealkylation sites (N-methyl/N-ethyl adjacent to an activating group) is 1. The molecular weight excluding hydrogens is 382 g/mol. The van der Waals surface area contributed by atoms with Gasteiger partial charge in [0, 0.05) is 49.4 Å². The Hall–Kier alpha value is -1.53. The van der Waals surface area contributed by atoms with E-state index in [2.05, 4.69) is 51.1 Å². The van der Waals surface area contributed by atoms with Crippen LogP contribution in [0.4, 0.5) is 4.79 Å². The van der Waals surface area contributed by atoms with Gasteiger partial charge in [0.15, 0.2) is 0 Å². The number of likely N-dealkylation sites (tertiary alicyclic amines) is 1. The molecule has 134 valence electrons. The van der Waals surface area contributed by atoms with Gasteiger partial charge in [-0.1, -0.05) is 12.1 Å². The van der Waals surface area contributed by atoms with Crippen LogP contribution in [-0.4, -0.2) is 61.2 Å². The number of rotatable bonds is 2. The van der Waals surface area contributed by atoms with Crippen molar-refractivity contribution in [3.63, 3.8) is 0 Å². The molecular formula is C19H24BrN3O2. The third-order valence-corrected chi connectivity index (χ3v) is 6.37. The molecule has 2 aromatic rings. The highest BCUT2D eigenvalue weighted by Crippen LogP contribution is 2.46. The van der Waals surface area contributed by atoms with Crippen LogP contribution in [0.25, 0.3) is 10.9 Å². The molecule has 2 heterocycles. The second kappa shape index (κ2) is 6.32. The molecule has 1 aromatic carbocycles. The smallest absolute Gasteiger partial charge is 0.409 e. The molecule has 1 unspecified atom stereocenters. The number of fused-ring (bicyclic) bond motifs is 2. The van der Waals surface area contributed by atoms with Crippen LogP contribution in [0, 0.1) is 5.92 Å². The molecule has 6 heteroatoms. The molecule has 1 aliphatic heterocycles. The van der Waals surface area contributed by atoms with Gasteiger partial charge < -0.3 is 19.5 Å². The summed E-state index contributed by atoms with van der Waals surface area (Å²) in [6.45, 7) is 1.46. The lowest BCUT2D eigenvalue weighted by molar-refractivity contribution is 0.0527. The lowest BCUT2D eigenvalue weighted by Crippen LogP contribution is -2.49. The van der Waals surface area contributed by atoms with Crippen molar-refractivity contribution in [2.75, 3.05) is 34.3 Å². The summed E-state index contributed by atoms with van der Waals surface area (Å²) in [7, 11) is 5.64. The van der Waals surface area contributed by atoms with Gasteiger partial charge >= 0.3 is 6.09 Å². The molecule has 0 bridgehead atoms. The van der Waals surface area contributed by atoms with Crippen LogP contribution < -0.4 is 0 Å². The van der Waals surface area contributed by atoms with Gasteiger partial charge in [-0.05, 0) is 53.0 Å². The van der Waals surface area contributed by atoms with Crippen LogP contribution >= 0.6 is 15.9 Å². The quantitative estimate of drug-likeness (QED) is 0.830. The number of benzene rings is 1. The van der Waals surface area contributed by atoms with Gasteiger partial charge in [0.2, 0.25) is 0 Å². The molecule has 0 spiro atoms. The Morgan fingerprint density at radius 1 is 1.44 bits per heavy atom. The Kier molecular flexibility index (Phi) is 4.28. The number of carbonyl (C=O) groups excluding carboxylic acids is 1. The summed E-state index contributed by atoms with van der Waals surface area (Å²) >= 11 is 3.70. The predicted molar refractivity (Wildman–Crippen MR) is 102 cm³/mol. The summed E-state index contributed by atoms with van der Waals surface area (Å²) in [6.07, 6.45) is 1.87. The topological polar surface area (TPSA) is 48.6 Å². The number of aromatic nitrogens is 1. The summed E-state index contributed by atoms with van der Waals surface area (Å²) in [5.74, 6) is 0.857. The fourth-order valence-corrected chi connectivity index (χ4v) is 5.11. The van der Waals surface area contributed by atoms with Crippen molar-refractivity contribution in [3.05, 3.63) is 33.9 Å². The minimum Gasteiger partial charge on any atom is -0.449 e. The highest BCUT2D eigenvalue weighted by atomic mass is 79.9. The van der Waals surface area contributed by atoms with Crippen LogP contribution in [0.1, 0.15) is 23.5 Å². The summed E-state index contributed by atoms with van der Waals surface area (Å²) < 4.78 is 6.58. The standard InChI is InChI=1S/C19H24BrN3O2/c1-22(2)19(24)25-10-11-7-13-12-5-4-6-15-17(12)14(18(20)21-15)8-16(13)23(3)9-11/h4-6,11,13,16,21H,7-10H2,1-3H3/t11?,13-,16-/m0/s1. The summed E-state index contributed by atoms with van der Waals surface area (Å²) in [6, 6.07) is 7.06. The molecule has 1 aliphatic carbocycles. The number of H-pyrrole nitrogens is 1. The van der Waals surface area contributed by atoms with Gasteiger partial charge in [0.1, 0.15) is 0 Å². The first-order valence-electron chi connectivity index (χ1n) is 8.79. The summed E-state index contributed by atoms with van der Waals surface area (Å²) in [5.41, 5.74) is 4.04. The number of hydrogen-bond donors (Lipinski definition) is 1. The van der Waals surface area contributed by atoms with Gasteiger partial charge in [-0.3, -0.25) is 0 Å². The number of ether oxygens (including phenoxy) is 1. The van der Waals surface area contributed by atoms with Crippen LogP contribution in [0.3, 0.4) is 0 Å². The molecule has 5 nitrogen and oxygen atoms in total. The normalized spacial score (nSPS) is 25.7. The molecule has 2 aliphatic rings. The van der Waals surface area contributed by atoms with Gasteiger partial charge in [0.25, 0.3) is 0 Å². The molecule has 3 atom stereocenters. The van der Waals surface area contributed by atoms with Crippen LogP contribution in [0.2, 0.25) is 0 Å². The Morgan fingerprint density at radius 3 is 3.00 bits per heavy atom. The Bertz CT molecular complexity index is 816. The lowest BCUT2D eigenvalue weighted by atomic mass is 9.72. The first-order valence-corrected chi connectivity index (χ1v) is 9.58. The maximum Gasteiger partial charge on any atom is 0.409 e. The summed E-state index contributed by atoms with van der Waals surface area (Å²) in [4.78, 5) is 19.2. The zero-order valence-corrected chi connectivity index (χ0v) is 16.5. The summed E-state index contributed by atoms with van der Waals surface area (Å²) in [5, 5.41) is 1.38. The third-order valence-electron chi connectivity index (χ3n) is 5.69. The highest BCUT2D eigenvalue weighted by molar-refractivity contribution is 9.10. The van der Waals surface area contributed by atoms with Crippen LogP contribution in [-0.2, 0) is 11.2 Å². The Balaban J connectivity index is 1.61. The van der Waals surface area contributed by atoms with E-state index in [1.807, 2.05) is 0 Å². The van der Waals surface area contributed by atoms with Crippen molar-refractivity contribution in [1.82, 2.24) is 14.8 Å². The molecule has 1 amide bonds. The van der Waals surface area contributed by atoms with E-state index in [-0.39, 0.29) is 6.09 Å². The van der Waals surface area contributed by atoms with E-state index in [1.165, 1.54) is 26.9 Å². The largest absolute Gasteiger partial charge is 0.449 e. The predicted octanol–water partition coefficient (Wildman–Crippen LogP) is 3.59. The molecule has 1 saturated heterocycles. The minimum absolute atomic E-state index is 0.257. The number of amides is 1. The van der Waals surface area contributed by atoms with Crippen molar-refractivity contribution in [3.8, 4) is 0 Å². The average molecular weight is 406 g/mol. The van der Waals surface area contributed by atoms with E-state index in [9.17, 15) is 4.79 Å². The number of hydrogen-bond acceptors (Lipinski definition) is 3. The van der Waals surface area contributed by atoms with Crippen molar-refractivity contribution in [1.29, 1.82) is 0 Å². The molecule has 1 aromatic heterocycles. The Labute approximate surface area is 156 Å². The SMILES string of the molecule is CN(C)C(=O)OCC1C[C@H]2c3cccc4[nH]c(Br)c(c34)C[C@@H]2N(C)C1. The molecule has 0 saturated carbocycles. The molecule has 1 N–H and O–H groups in total. The van der Waals surface area contributed by atoms with Gasteiger partial charge in [-0.25, -0.2) is 4.79 Å². The monoisotopic (exact) mass is 405 g/mol. The molecule has 25 heavy (non-hydrogen) atoms. The number of piperidine rings is 1. The van der Waals surface area contributed by atoms with Crippen molar-refractivity contribution in [2.24, 2.45) is 5.92 Å². The van der Waals surface area contributed by atoms with Crippen LogP contribution in [0.5, 0.6) is 0 Å². The van der Waals surface area contributed by atoms with E-state index in [4.69, 9.17) is 4.74 Å². The maximum atomic E-state index is 11.8.